The molecule has 8 aliphatic carbocycles. The number of azide groups is 2. The molecule has 2 aromatic heterocycles. The zero-order chi connectivity index (χ0) is 86.0. The van der Waals surface area contributed by atoms with E-state index < -0.39 is 107 Å². The van der Waals surface area contributed by atoms with Gasteiger partial charge in [0.2, 0.25) is 12.2 Å². The van der Waals surface area contributed by atoms with Crippen LogP contribution in [0, 0.1) is 62.6 Å². The molecule has 2 saturated heterocycles. The van der Waals surface area contributed by atoms with Gasteiger partial charge in [-0.05, 0) is 208 Å². The Morgan fingerprint density at radius 1 is 0.559 bits per heavy atom. The minimum absolute atomic E-state index is 0. The van der Waals surface area contributed by atoms with Crippen LogP contribution >= 0.6 is 34.8 Å². The number of halogens is 9. The SMILES string of the molecule is C[C@H]1[C@@H](N=[N+]=[N-])COC(OC(=N)C(Cl)(Cl)Cl)[C@H]1OC(=O)c1ccccc1.C[C@H]1[C@@H](N=[N+]=[N-])COC(O[C@@H]2C=C3CCC4C(CC[C@]5(C)[C@@H](c6ccc(=O)oc6)CC[C@]45O)[C@@]3(C)CC2)[C@H]1OC(=O)c1ccccc1.C[C@]12CC[C@H](O)C=C1CCC1C2CC[C@]2(C)[C@@H](c3ccc(=O)oc3)CC[C@]12O.O=S(=O)(O)C(F)(F)F.O=S(=O)(O)C(F)(F)F.[Zn]. The van der Waals surface area contributed by atoms with Gasteiger partial charge in [-0.15, -0.1) is 0 Å². The fourth-order valence-corrected chi connectivity index (χ4v) is 20.4. The Morgan fingerprint density at radius 3 is 1.33 bits per heavy atom. The molecule has 10 aliphatic rings. The van der Waals surface area contributed by atoms with E-state index in [9.17, 15) is 60.8 Å². The molecule has 118 heavy (non-hydrogen) atoms. The number of allylic oxidation sites excluding steroid dienone is 2. The molecule has 0 bridgehead atoms. The largest absolute Gasteiger partial charge is 0.522 e. The predicted molar refractivity (Wildman–Crippen MR) is 412 cm³/mol. The van der Waals surface area contributed by atoms with Crippen LogP contribution in [0.5, 0.6) is 0 Å². The molecule has 4 aromatic rings. The first-order chi connectivity index (χ1) is 54.6. The number of aliphatic hydroxyl groups is 3. The maximum absolute atomic E-state index is 13.1. The van der Waals surface area contributed by atoms with Gasteiger partial charge in [0.15, 0.2) is 18.5 Å². The molecule has 0 spiro atoms. The van der Waals surface area contributed by atoms with Gasteiger partial charge in [0, 0.05) is 64.1 Å². The predicted octanol–water partition coefficient (Wildman–Crippen LogP) is 16.3. The molecule has 2 aromatic carbocycles. The third-order valence-electron chi connectivity index (χ3n) is 26.7. The number of hydrogen-bond acceptors (Lipinski definition) is 22. The van der Waals surface area contributed by atoms with Crippen LogP contribution in [0.1, 0.15) is 188 Å². The Bertz CT molecular complexity index is 4720. The second kappa shape index (κ2) is 37.3. The second-order valence-corrected chi connectivity index (χ2v) is 37.8. The van der Waals surface area contributed by atoms with Crippen molar-refractivity contribution in [2.45, 2.75) is 231 Å². The Kier molecular flexibility index (Phi) is 30.1. The van der Waals surface area contributed by atoms with E-state index in [2.05, 4.69) is 59.9 Å². The topological polar surface area (TPSA) is 441 Å². The summed E-state index contributed by atoms with van der Waals surface area (Å²) in [4.78, 5) is 54.3. The molecule has 6 saturated carbocycles. The van der Waals surface area contributed by atoms with Gasteiger partial charge in [-0.25, -0.2) is 19.2 Å². The molecule has 6 unspecified atom stereocenters. The summed E-state index contributed by atoms with van der Waals surface area (Å²) >= 11 is 16.9. The number of carbonyl (C=O) groups excluding carboxylic acids is 2. The average Bonchev–Trinajstić information content (AvgIpc) is 1.42. The average molecular weight is 1820 g/mol. The van der Waals surface area contributed by atoms with Crippen molar-refractivity contribution in [1.29, 1.82) is 5.41 Å². The van der Waals surface area contributed by atoms with E-state index in [1.165, 1.54) is 23.3 Å². The van der Waals surface area contributed by atoms with Crippen molar-refractivity contribution in [1.82, 2.24) is 0 Å². The zero-order valence-corrected chi connectivity index (χ0v) is 72.1. The number of rotatable bonds is 11. The van der Waals surface area contributed by atoms with Gasteiger partial charge in [0.25, 0.3) is 3.79 Å². The molecule has 22 atom stereocenters. The van der Waals surface area contributed by atoms with Gasteiger partial charge < -0.3 is 52.6 Å². The number of benzene rings is 2. The molecule has 0 amide bonds. The summed E-state index contributed by atoms with van der Waals surface area (Å²) in [5.41, 5.74) is 9.88. The van der Waals surface area contributed by atoms with E-state index in [1.54, 1.807) is 74.0 Å². The Labute approximate surface area is 704 Å². The van der Waals surface area contributed by atoms with Crippen LogP contribution in [-0.4, -0.2) is 147 Å². The monoisotopic (exact) mass is 1810 g/mol. The van der Waals surface area contributed by atoms with E-state index >= 15 is 0 Å². The van der Waals surface area contributed by atoms with Crippen molar-refractivity contribution in [3.05, 3.63) is 185 Å². The molecule has 4 heterocycles. The van der Waals surface area contributed by atoms with E-state index in [0.717, 1.165) is 114 Å². The van der Waals surface area contributed by atoms with Crippen molar-refractivity contribution in [2.24, 2.45) is 67.4 Å². The summed E-state index contributed by atoms with van der Waals surface area (Å²) in [6.45, 7) is 13.1. The molecular formula is C78H94Cl3F6N7O21S2Zn. The quantitative estimate of drug-likeness (QED) is 0.00660. The third kappa shape index (κ3) is 20.1. The molecule has 6 N–H and O–H groups in total. The minimum Gasteiger partial charge on any atom is -0.453 e. The standard InChI is InChI=1S/C37H45N3O7.C24H32O4.C15H15Cl3N4O4.2CHF3O3S.Zn/c1-22-30(39-40-38)21-45-34(32(22)47-33(42)23-7-5-4-6-8-23)46-26-13-16-35(2)25(19-26)10-11-29-28(35)14-17-36(3)27(15-18-37(29,36)43)24-9-12-31(41)44-20-24;1-22-10-7-17(25)13-16(22)4-5-20-19(22)8-11-23(2)18(9-12-24(20,23)27)15-3-6-21(26)28-14-15;1-8-10(21-22-20)7-24-13(26-14(19)15(16,17)18)11(8)25-12(23)9-5-3-2-4-6-9;2*2-1(3,4)8(5,6)7;/h4-9,12,19-20,22,26-30,32,34,43H,10-11,13-18,21H2,1-3H3;3,6,13-14,17-20,25,27H,4-5,7-12H2,1-2H3;2-6,8,10-11,13,19H,7H2,1H3;2*(H,5,6,7);/t22-,26-,27+,28?,29?,30-,32-,34?,35-,36+,37-;17-,18+,19?,20?,22-,23+,24-;8-,10-,11-,13?;;;/m000.../s1. The summed E-state index contributed by atoms with van der Waals surface area (Å²) in [5, 5.41) is 50.1. The van der Waals surface area contributed by atoms with E-state index in [1.807, 2.05) is 25.1 Å². The van der Waals surface area contributed by atoms with Gasteiger partial charge in [0.1, 0.15) is 0 Å². The maximum atomic E-state index is 13.1. The van der Waals surface area contributed by atoms with Gasteiger partial charge in [-0.2, -0.15) is 43.2 Å². The van der Waals surface area contributed by atoms with E-state index in [0.29, 0.717) is 28.9 Å². The number of fused-ring (bicyclic) bond motifs is 10. The number of hydrogen-bond donors (Lipinski definition) is 6. The number of ether oxygens (including phenoxy) is 6. The van der Waals surface area contributed by atoms with Gasteiger partial charge in [0.05, 0.1) is 72.4 Å². The van der Waals surface area contributed by atoms with Crippen LogP contribution in [-0.2, 0) is 68.1 Å². The summed E-state index contributed by atoms with van der Waals surface area (Å²) in [5.74, 6) is -0.768. The normalized spacial score (nSPS) is 35.2. The Morgan fingerprint density at radius 2 is 0.949 bits per heavy atom. The molecule has 8 fully saturated rings. The van der Waals surface area contributed by atoms with Crippen LogP contribution in [0.3, 0.4) is 0 Å². The molecule has 28 nitrogen and oxygen atoms in total. The van der Waals surface area contributed by atoms with Crippen LogP contribution in [0.25, 0.3) is 20.9 Å². The number of esters is 2. The first-order valence-electron chi connectivity index (χ1n) is 38.2. The second-order valence-electron chi connectivity index (χ2n) is 32.7. The number of nitrogens with one attached hydrogen (secondary N) is 1. The summed E-state index contributed by atoms with van der Waals surface area (Å²) < 4.78 is 158. The van der Waals surface area contributed by atoms with Crippen molar-refractivity contribution >= 4 is 72.9 Å². The van der Waals surface area contributed by atoms with Crippen LogP contribution in [0.4, 0.5) is 26.3 Å². The van der Waals surface area contributed by atoms with Crippen LogP contribution in [0.15, 0.2) is 149 Å². The molecular weight excluding hydrogens is 1720 g/mol. The van der Waals surface area contributed by atoms with E-state index in [-0.39, 0.29) is 101 Å². The van der Waals surface area contributed by atoms with Crippen molar-refractivity contribution in [3.63, 3.8) is 0 Å². The van der Waals surface area contributed by atoms with E-state index in [4.69, 9.17) is 114 Å². The van der Waals surface area contributed by atoms with Gasteiger partial charge >= 0.3 is 54.4 Å². The Balaban J connectivity index is 0.000000192. The molecule has 0 radical (unpaired) electrons. The molecule has 644 valence electrons. The van der Waals surface area contributed by atoms with Crippen molar-refractivity contribution in [2.75, 3.05) is 13.2 Å². The summed E-state index contributed by atoms with van der Waals surface area (Å²) in [6, 6.07) is 22.8. The number of aliphatic hydroxyl groups excluding tert-OH is 1. The van der Waals surface area contributed by atoms with Crippen LogP contribution < -0.4 is 11.3 Å². The summed E-state index contributed by atoms with van der Waals surface area (Å²) in [6.07, 6.45) is 18.3. The first kappa shape index (κ1) is 95.3. The molecule has 40 heteroatoms. The maximum Gasteiger partial charge on any atom is 0.522 e. The van der Waals surface area contributed by atoms with Gasteiger partial charge in [-0.3, -0.25) is 14.5 Å². The minimum atomic E-state index is -5.84. The number of nitrogens with zero attached hydrogens (tertiary/aromatic N) is 6. The first-order valence-corrected chi connectivity index (χ1v) is 42.2. The fraction of sp³-hybridized carbons (Fsp3) is 0.628. The summed E-state index contributed by atoms with van der Waals surface area (Å²) in [7, 11) is -11.7. The number of alkyl halides is 9. The van der Waals surface area contributed by atoms with Gasteiger partial charge in [-0.1, -0.05) is 146 Å². The van der Waals surface area contributed by atoms with Crippen LogP contribution in [0.2, 0.25) is 0 Å². The van der Waals surface area contributed by atoms with Crippen molar-refractivity contribution < 1.29 is 134 Å². The van der Waals surface area contributed by atoms with Crippen molar-refractivity contribution in [3.8, 4) is 0 Å². The number of carbonyl (C=O) groups is 2. The fourth-order valence-electron chi connectivity index (χ4n) is 20.3. The third-order valence-corrected chi connectivity index (χ3v) is 28.4. The smallest absolute Gasteiger partial charge is 0.453 e. The Hall–Kier alpha value is -6.50. The zero-order valence-electron chi connectivity index (χ0n) is 65.2. The molecule has 14 rings (SSSR count). The molecule has 2 aliphatic heterocycles.